The Morgan fingerprint density at radius 2 is 1.69 bits per heavy atom. The number of carboxylic acids is 1. The van der Waals surface area contributed by atoms with E-state index in [0.717, 1.165) is 13.1 Å². The normalized spacial score (nSPS) is 17.2. The van der Waals surface area contributed by atoms with Gasteiger partial charge in [0.1, 0.15) is 0 Å². The maximum absolute atomic E-state index is 11.3. The second-order valence-electron chi connectivity index (χ2n) is 6.90. The van der Waals surface area contributed by atoms with Crippen LogP contribution in [0.5, 0.6) is 0 Å². The van der Waals surface area contributed by atoms with Crippen molar-refractivity contribution in [3.63, 3.8) is 0 Å². The number of carboxylic acid groups (broad SMARTS) is 1. The standard InChI is InChI=1S/C22H22N2O2/c25-22(26)18-10-14-24(15-11-18)21(17-8-12-23-13-9-17)20-7-3-5-16-4-1-2-6-19(16)20/h1-9,12-13,18,21H,10-11,14-15H2,(H,25,26). The number of hydrogen-bond acceptors (Lipinski definition) is 3. The van der Waals surface area contributed by atoms with E-state index < -0.39 is 5.97 Å². The lowest BCUT2D eigenvalue weighted by Gasteiger charge is -2.37. The number of piperidine rings is 1. The van der Waals surface area contributed by atoms with Crippen LogP contribution in [0.1, 0.15) is 30.0 Å². The van der Waals surface area contributed by atoms with E-state index in [0.29, 0.717) is 12.8 Å². The topological polar surface area (TPSA) is 53.4 Å². The third-order valence-electron chi connectivity index (χ3n) is 5.38. The van der Waals surface area contributed by atoms with Crippen molar-refractivity contribution < 1.29 is 9.90 Å². The van der Waals surface area contributed by atoms with Gasteiger partial charge in [0.25, 0.3) is 0 Å². The van der Waals surface area contributed by atoms with Gasteiger partial charge in [-0.25, -0.2) is 0 Å². The van der Waals surface area contributed by atoms with Crippen LogP contribution in [-0.4, -0.2) is 34.0 Å². The first kappa shape index (κ1) is 16.7. The van der Waals surface area contributed by atoms with Gasteiger partial charge in [-0.2, -0.15) is 0 Å². The number of aliphatic carboxylic acids is 1. The highest BCUT2D eigenvalue weighted by molar-refractivity contribution is 5.86. The van der Waals surface area contributed by atoms with Crippen molar-refractivity contribution in [1.29, 1.82) is 0 Å². The largest absolute Gasteiger partial charge is 0.481 e. The molecule has 0 radical (unpaired) electrons. The summed E-state index contributed by atoms with van der Waals surface area (Å²) >= 11 is 0. The summed E-state index contributed by atoms with van der Waals surface area (Å²) in [5.74, 6) is -0.896. The van der Waals surface area contributed by atoms with Gasteiger partial charge in [-0.3, -0.25) is 14.7 Å². The highest BCUT2D eigenvalue weighted by Crippen LogP contribution is 2.35. The quantitative estimate of drug-likeness (QED) is 0.772. The van der Waals surface area contributed by atoms with E-state index in [1.807, 2.05) is 12.4 Å². The van der Waals surface area contributed by atoms with Gasteiger partial charge in [-0.1, -0.05) is 42.5 Å². The lowest BCUT2D eigenvalue weighted by molar-refractivity contribution is -0.143. The Balaban J connectivity index is 1.76. The fourth-order valence-electron chi connectivity index (χ4n) is 4.03. The molecule has 1 aliphatic rings. The summed E-state index contributed by atoms with van der Waals surface area (Å²) in [6.07, 6.45) is 5.05. The average Bonchev–Trinajstić information content (AvgIpc) is 2.70. The first-order valence-electron chi connectivity index (χ1n) is 9.08. The van der Waals surface area contributed by atoms with E-state index in [9.17, 15) is 9.90 Å². The molecular formula is C22H22N2O2. The summed E-state index contributed by atoms with van der Waals surface area (Å²) in [5.41, 5.74) is 2.47. The fourth-order valence-corrected chi connectivity index (χ4v) is 4.03. The van der Waals surface area contributed by atoms with E-state index >= 15 is 0 Å². The van der Waals surface area contributed by atoms with Crippen molar-refractivity contribution in [1.82, 2.24) is 9.88 Å². The number of pyridine rings is 1. The van der Waals surface area contributed by atoms with Crippen molar-refractivity contribution in [2.24, 2.45) is 5.92 Å². The number of nitrogens with zero attached hydrogens (tertiary/aromatic N) is 2. The number of benzene rings is 2. The minimum absolute atomic E-state index is 0.110. The fraction of sp³-hybridized carbons (Fsp3) is 0.273. The first-order chi connectivity index (χ1) is 12.7. The van der Waals surface area contributed by atoms with Gasteiger partial charge in [0.2, 0.25) is 0 Å². The molecule has 1 aromatic heterocycles. The zero-order valence-corrected chi connectivity index (χ0v) is 14.6. The molecule has 4 heteroatoms. The van der Waals surface area contributed by atoms with Crippen molar-refractivity contribution >= 4 is 16.7 Å². The van der Waals surface area contributed by atoms with Crippen molar-refractivity contribution in [2.45, 2.75) is 18.9 Å². The molecule has 1 saturated heterocycles. The van der Waals surface area contributed by atoms with E-state index in [2.05, 4.69) is 64.5 Å². The molecule has 1 atom stereocenters. The SMILES string of the molecule is O=C(O)C1CCN(C(c2ccncc2)c2cccc3ccccc23)CC1. The van der Waals surface area contributed by atoms with E-state index in [1.54, 1.807) is 0 Å². The zero-order chi connectivity index (χ0) is 17.9. The van der Waals surface area contributed by atoms with E-state index in [1.165, 1.54) is 21.9 Å². The molecule has 0 bridgehead atoms. The van der Waals surface area contributed by atoms with Crippen LogP contribution < -0.4 is 0 Å². The molecule has 3 aromatic rings. The van der Waals surface area contributed by atoms with Gasteiger partial charge in [0.05, 0.1) is 12.0 Å². The number of hydrogen-bond donors (Lipinski definition) is 1. The highest BCUT2D eigenvalue weighted by atomic mass is 16.4. The number of carbonyl (C=O) groups is 1. The molecule has 0 aliphatic carbocycles. The van der Waals surface area contributed by atoms with Gasteiger partial charge in [0, 0.05) is 12.4 Å². The van der Waals surface area contributed by atoms with E-state index in [4.69, 9.17) is 0 Å². The van der Waals surface area contributed by atoms with Crippen LogP contribution in [-0.2, 0) is 4.79 Å². The molecule has 1 fully saturated rings. The van der Waals surface area contributed by atoms with Gasteiger partial charge >= 0.3 is 5.97 Å². The van der Waals surface area contributed by atoms with Crippen LogP contribution in [0, 0.1) is 5.92 Å². The molecule has 1 N–H and O–H groups in total. The smallest absolute Gasteiger partial charge is 0.306 e. The number of fused-ring (bicyclic) bond motifs is 1. The molecule has 1 unspecified atom stereocenters. The molecule has 0 amide bonds. The second-order valence-corrected chi connectivity index (χ2v) is 6.90. The molecule has 1 aliphatic heterocycles. The zero-order valence-electron chi connectivity index (χ0n) is 14.6. The van der Waals surface area contributed by atoms with Gasteiger partial charge in [-0.05, 0) is 60.0 Å². The third-order valence-corrected chi connectivity index (χ3v) is 5.38. The molecular weight excluding hydrogens is 324 g/mol. The summed E-state index contributed by atoms with van der Waals surface area (Å²) in [6.45, 7) is 1.57. The molecule has 0 saturated carbocycles. The molecule has 4 rings (SSSR count). The van der Waals surface area contributed by atoms with E-state index in [-0.39, 0.29) is 12.0 Å². The highest BCUT2D eigenvalue weighted by Gasteiger charge is 2.30. The Morgan fingerprint density at radius 1 is 1.00 bits per heavy atom. The van der Waals surface area contributed by atoms with Crippen LogP contribution in [0.4, 0.5) is 0 Å². The molecule has 0 spiro atoms. The second kappa shape index (κ2) is 7.26. The molecule has 4 nitrogen and oxygen atoms in total. The minimum atomic E-state index is -0.671. The Labute approximate surface area is 153 Å². The molecule has 132 valence electrons. The predicted octanol–water partition coefficient (Wildman–Crippen LogP) is 4.12. The van der Waals surface area contributed by atoms with Crippen LogP contribution in [0.3, 0.4) is 0 Å². The molecule has 26 heavy (non-hydrogen) atoms. The van der Waals surface area contributed by atoms with Gasteiger partial charge < -0.3 is 5.11 Å². The summed E-state index contributed by atoms with van der Waals surface area (Å²) in [6, 6.07) is 19.1. The Kier molecular flexibility index (Phi) is 4.67. The first-order valence-corrected chi connectivity index (χ1v) is 9.08. The average molecular weight is 346 g/mol. The lowest BCUT2D eigenvalue weighted by Crippen LogP contribution is -2.39. The van der Waals surface area contributed by atoms with Crippen LogP contribution in [0.15, 0.2) is 67.0 Å². The molecule has 2 heterocycles. The monoisotopic (exact) mass is 346 g/mol. The van der Waals surface area contributed by atoms with Crippen LogP contribution in [0.25, 0.3) is 10.8 Å². The maximum Gasteiger partial charge on any atom is 0.306 e. The summed E-state index contributed by atoms with van der Waals surface area (Å²) in [7, 11) is 0. The maximum atomic E-state index is 11.3. The van der Waals surface area contributed by atoms with Crippen molar-refractivity contribution in [2.75, 3.05) is 13.1 Å². The minimum Gasteiger partial charge on any atom is -0.481 e. The van der Waals surface area contributed by atoms with Crippen LogP contribution in [0.2, 0.25) is 0 Å². The number of aromatic nitrogens is 1. The number of likely N-dealkylation sites (tertiary alicyclic amines) is 1. The van der Waals surface area contributed by atoms with Crippen LogP contribution >= 0.6 is 0 Å². The Bertz CT molecular complexity index is 897. The summed E-state index contributed by atoms with van der Waals surface area (Å²) in [4.78, 5) is 17.9. The Morgan fingerprint density at radius 3 is 2.42 bits per heavy atom. The summed E-state index contributed by atoms with van der Waals surface area (Å²) < 4.78 is 0. The summed E-state index contributed by atoms with van der Waals surface area (Å²) in [5, 5.41) is 11.8. The van der Waals surface area contributed by atoms with Crippen molar-refractivity contribution in [3.8, 4) is 0 Å². The molecule has 2 aromatic carbocycles. The number of rotatable bonds is 4. The van der Waals surface area contributed by atoms with Crippen molar-refractivity contribution in [3.05, 3.63) is 78.1 Å². The third kappa shape index (κ3) is 3.20. The lowest BCUT2D eigenvalue weighted by atomic mass is 9.89. The predicted molar refractivity (Wildman–Crippen MR) is 102 cm³/mol. The van der Waals surface area contributed by atoms with Gasteiger partial charge in [-0.15, -0.1) is 0 Å². The Hall–Kier alpha value is -2.72. The van der Waals surface area contributed by atoms with Gasteiger partial charge in [0.15, 0.2) is 0 Å².